The number of carbonyl (C=O) groups excluding carboxylic acids is 3. The summed E-state index contributed by atoms with van der Waals surface area (Å²) in [5.74, 6) is -1.28. The number of aromatic nitrogens is 1. The summed E-state index contributed by atoms with van der Waals surface area (Å²) in [6, 6.07) is 5.97. The van der Waals surface area contributed by atoms with Crippen LogP contribution in [0.3, 0.4) is 0 Å². The average molecular weight is 516 g/mol. The summed E-state index contributed by atoms with van der Waals surface area (Å²) in [7, 11) is 1.71. The first-order chi connectivity index (χ1) is 17.1. The maximum absolute atomic E-state index is 14.6. The fourth-order valence-corrected chi connectivity index (χ4v) is 3.02. The number of nitrogens with zero attached hydrogens (tertiary/aromatic N) is 2. The Bertz CT molecular complexity index is 1150. The molecular formula is C28H38FN3O5. The second-order valence-corrected chi connectivity index (χ2v) is 10.0. The number of likely N-dealkylation sites (N-methyl/N-ethyl adjacent to an activating group) is 1. The van der Waals surface area contributed by atoms with Crippen LogP contribution < -0.4 is 5.73 Å². The van der Waals surface area contributed by atoms with E-state index in [1.807, 2.05) is 34.6 Å². The highest BCUT2D eigenvalue weighted by molar-refractivity contribution is 6.00. The van der Waals surface area contributed by atoms with Gasteiger partial charge in [0.05, 0.1) is 5.56 Å². The van der Waals surface area contributed by atoms with E-state index in [4.69, 9.17) is 10.5 Å². The fraction of sp³-hybridized carbons (Fsp3) is 0.429. The molecule has 1 aliphatic heterocycles. The van der Waals surface area contributed by atoms with Crippen LogP contribution in [0.15, 0.2) is 36.5 Å². The van der Waals surface area contributed by atoms with Gasteiger partial charge in [-0.25, -0.2) is 14.2 Å². The summed E-state index contributed by atoms with van der Waals surface area (Å²) >= 11 is 0. The van der Waals surface area contributed by atoms with Gasteiger partial charge in [0.2, 0.25) is 5.91 Å². The Morgan fingerprint density at radius 2 is 1.70 bits per heavy atom. The predicted molar refractivity (Wildman–Crippen MR) is 143 cm³/mol. The van der Waals surface area contributed by atoms with Crippen LogP contribution in [0.4, 0.5) is 10.2 Å². The molecule has 1 aromatic carbocycles. The van der Waals surface area contributed by atoms with Crippen molar-refractivity contribution in [3.05, 3.63) is 53.5 Å². The number of hydrogen-bond acceptors (Lipinski definition) is 7. The van der Waals surface area contributed by atoms with Crippen molar-refractivity contribution < 1.29 is 28.2 Å². The van der Waals surface area contributed by atoms with Gasteiger partial charge in [0.25, 0.3) is 6.47 Å². The van der Waals surface area contributed by atoms with Crippen LogP contribution in [0, 0.1) is 5.82 Å². The van der Waals surface area contributed by atoms with Gasteiger partial charge in [-0.3, -0.25) is 9.59 Å². The Balaban J connectivity index is 0.000000659. The lowest BCUT2D eigenvalue weighted by Crippen LogP contribution is -2.24. The van der Waals surface area contributed by atoms with Crippen molar-refractivity contribution >= 4 is 29.7 Å². The minimum Gasteiger partial charge on any atom is -0.462 e. The zero-order valence-corrected chi connectivity index (χ0v) is 23.1. The number of esters is 1. The van der Waals surface area contributed by atoms with Crippen molar-refractivity contribution in [3.8, 4) is 11.1 Å². The number of amides is 1. The van der Waals surface area contributed by atoms with Gasteiger partial charge in [-0.05, 0) is 76.4 Å². The van der Waals surface area contributed by atoms with Gasteiger partial charge in [-0.2, -0.15) is 0 Å². The highest BCUT2D eigenvalue weighted by atomic mass is 19.1. The molecule has 0 spiro atoms. The quantitative estimate of drug-likeness (QED) is 0.436. The molecule has 0 saturated heterocycles. The van der Waals surface area contributed by atoms with Crippen LogP contribution in [0.25, 0.3) is 16.7 Å². The summed E-state index contributed by atoms with van der Waals surface area (Å²) in [4.78, 5) is 39.2. The molecule has 1 aromatic heterocycles. The summed E-state index contributed by atoms with van der Waals surface area (Å²) in [5, 5.41) is 0. The second-order valence-electron chi connectivity index (χ2n) is 10.0. The molecule has 1 aliphatic rings. The molecule has 0 saturated carbocycles. The highest BCUT2D eigenvalue weighted by Crippen LogP contribution is 2.30. The first-order valence-electron chi connectivity index (χ1n) is 12.0. The van der Waals surface area contributed by atoms with E-state index in [0.717, 1.165) is 11.1 Å². The van der Waals surface area contributed by atoms with Crippen molar-refractivity contribution in [2.75, 3.05) is 19.3 Å². The van der Waals surface area contributed by atoms with Crippen LogP contribution in [0.1, 0.15) is 71.3 Å². The van der Waals surface area contributed by atoms with Gasteiger partial charge in [0, 0.05) is 31.4 Å². The predicted octanol–water partition coefficient (Wildman–Crippen LogP) is 5.26. The number of nitrogens with two attached hydrogens (primary N) is 1. The van der Waals surface area contributed by atoms with Gasteiger partial charge in [-0.15, -0.1) is 0 Å². The number of hydrogen-bond donors (Lipinski definition) is 1. The molecule has 0 aliphatic carbocycles. The highest BCUT2D eigenvalue weighted by Gasteiger charge is 2.22. The number of nitrogen functional groups attached to an aromatic ring is 1. The molecule has 1 amide bonds. The Morgan fingerprint density at radius 3 is 2.14 bits per heavy atom. The monoisotopic (exact) mass is 515 g/mol. The normalized spacial score (nSPS) is 13.0. The Hall–Kier alpha value is -3.75. The van der Waals surface area contributed by atoms with Gasteiger partial charge in [0.1, 0.15) is 22.8 Å². The molecule has 202 valence electrons. The van der Waals surface area contributed by atoms with Gasteiger partial charge >= 0.3 is 5.97 Å². The summed E-state index contributed by atoms with van der Waals surface area (Å²) < 4.78 is 24.3. The number of benzene rings is 1. The third-order valence-electron chi connectivity index (χ3n) is 4.67. The van der Waals surface area contributed by atoms with Crippen LogP contribution in [-0.2, 0) is 19.1 Å². The minimum atomic E-state index is -0.728. The molecule has 2 aromatic rings. The van der Waals surface area contributed by atoms with Crippen LogP contribution in [0.5, 0.6) is 0 Å². The summed E-state index contributed by atoms with van der Waals surface area (Å²) in [6.07, 6.45) is 3.13. The Labute approximate surface area is 218 Å². The molecule has 2 N–H and O–H groups in total. The summed E-state index contributed by atoms with van der Waals surface area (Å²) in [6.45, 7) is 15.5. The van der Waals surface area contributed by atoms with E-state index in [1.54, 1.807) is 57.1 Å². The third kappa shape index (κ3) is 9.67. The number of rotatable bonds is 4. The maximum atomic E-state index is 14.6. The van der Waals surface area contributed by atoms with E-state index in [2.05, 4.69) is 9.72 Å². The van der Waals surface area contributed by atoms with Crippen molar-refractivity contribution in [2.24, 2.45) is 0 Å². The summed E-state index contributed by atoms with van der Waals surface area (Å²) in [5.41, 5.74) is 7.35. The standard InChI is InChI=1S/C21H22FN3O3.C5H10O2.C2H6/c1-21(2,3)28-20(27)15-6-5-12(8-17(15)22)16-7-13(10-24-19(16)23)14-9-18(26)25(4)11-14;1-5(2,3)7-4-6;1-2/h5-10H,11H2,1-4H3,(H2,23,24);4H,1-3H3;1-2H3. The minimum absolute atomic E-state index is 0.0823. The SMILES string of the molecule is CC.CC(C)(C)OC=O.CN1CC(c2cnc(N)c(-c3ccc(C(=O)OC(C)(C)C)c(F)c3)c2)=CC1=O. The molecule has 3 rings (SSSR count). The number of carbonyl (C=O) groups is 3. The lowest BCUT2D eigenvalue weighted by Gasteiger charge is -2.19. The van der Waals surface area contributed by atoms with Crippen LogP contribution >= 0.6 is 0 Å². The topological polar surface area (TPSA) is 112 Å². The maximum Gasteiger partial charge on any atom is 0.341 e. The van der Waals surface area contributed by atoms with E-state index in [1.165, 1.54) is 12.1 Å². The number of anilines is 1. The zero-order chi connectivity index (χ0) is 28.6. The third-order valence-corrected chi connectivity index (χ3v) is 4.67. The van der Waals surface area contributed by atoms with Crippen molar-refractivity contribution in [3.63, 3.8) is 0 Å². The molecule has 0 radical (unpaired) electrons. The molecule has 9 heteroatoms. The number of halogens is 1. The van der Waals surface area contributed by atoms with E-state index >= 15 is 0 Å². The molecular weight excluding hydrogens is 477 g/mol. The second kappa shape index (κ2) is 13.0. The molecule has 0 fully saturated rings. The largest absolute Gasteiger partial charge is 0.462 e. The van der Waals surface area contributed by atoms with Crippen LogP contribution in [-0.4, -0.2) is 53.0 Å². The average Bonchev–Trinajstić information content (AvgIpc) is 3.12. The molecule has 0 atom stereocenters. The number of pyridine rings is 1. The van der Waals surface area contributed by atoms with Crippen molar-refractivity contribution in [1.29, 1.82) is 0 Å². The van der Waals surface area contributed by atoms with E-state index in [9.17, 15) is 18.8 Å². The molecule has 37 heavy (non-hydrogen) atoms. The van der Waals surface area contributed by atoms with Crippen LogP contribution in [0.2, 0.25) is 0 Å². The molecule has 0 unspecified atom stereocenters. The van der Waals surface area contributed by atoms with E-state index in [0.29, 0.717) is 24.1 Å². The Morgan fingerprint density at radius 1 is 1.08 bits per heavy atom. The first-order valence-corrected chi connectivity index (χ1v) is 12.0. The fourth-order valence-electron chi connectivity index (χ4n) is 3.02. The smallest absolute Gasteiger partial charge is 0.341 e. The van der Waals surface area contributed by atoms with Gasteiger partial charge in [0.15, 0.2) is 0 Å². The van der Waals surface area contributed by atoms with Crippen molar-refractivity contribution in [1.82, 2.24) is 9.88 Å². The van der Waals surface area contributed by atoms with Gasteiger partial charge < -0.3 is 20.1 Å². The van der Waals surface area contributed by atoms with Crippen molar-refractivity contribution in [2.45, 2.75) is 66.6 Å². The van der Waals surface area contributed by atoms with E-state index in [-0.39, 0.29) is 22.9 Å². The molecule has 0 bridgehead atoms. The zero-order valence-electron chi connectivity index (χ0n) is 23.1. The number of ether oxygens (including phenoxy) is 2. The molecule has 8 nitrogen and oxygen atoms in total. The molecule has 2 heterocycles. The van der Waals surface area contributed by atoms with E-state index < -0.39 is 17.4 Å². The van der Waals surface area contributed by atoms with Gasteiger partial charge in [-0.1, -0.05) is 19.9 Å². The lowest BCUT2D eigenvalue weighted by atomic mass is 10.00. The lowest BCUT2D eigenvalue weighted by molar-refractivity contribution is -0.138. The Kier molecular flexibility index (Phi) is 11.0. The first kappa shape index (κ1) is 31.3.